The lowest BCUT2D eigenvalue weighted by atomic mass is 9.93. The zero-order valence-corrected chi connectivity index (χ0v) is 17.7. The van der Waals surface area contributed by atoms with E-state index in [0.717, 1.165) is 35.9 Å². The zero-order valence-electron chi connectivity index (χ0n) is 16.9. The fraction of sp³-hybridized carbons (Fsp3) is 0.391. The fourth-order valence-corrected chi connectivity index (χ4v) is 5.63. The van der Waals surface area contributed by atoms with Crippen LogP contribution >= 0.6 is 11.3 Å². The summed E-state index contributed by atoms with van der Waals surface area (Å²) in [5.41, 5.74) is 0.194. The van der Waals surface area contributed by atoms with Crippen molar-refractivity contribution in [1.82, 2.24) is 14.8 Å². The SMILES string of the molecule is CC1(C(=O)NC2CCCC2)Cn2c(cc3ccsc32)C(=O)N1Cc1cccc(F)c1. The Bertz CT molecular complexity index is 1130. The quantitative estimate of drug-likeness (QED) is 0.677. The van der Waals surface area contributed by atoms with E-state index in [9.17, 15) is 14.0 Å². The highest BCUT2D eigenvalue weighted by Crippen LogP contribution is 2.35. The summed E-state index contributed by atoms with van der Waals surface area (Å²) in [7, 11) is 0. The van der Waals surface area contributed by atoms with Gasteiger partial charge in [0.15, 0.2) is 0 Å². The number of fused-ring (bicyclic) bond motifs is 3. The molecule has 1 fully saturated rings. The third kappa shape index (κ3) is 3.12. The van der Waals surface area contributed by atoms with E-state index in [0.29, 0.717) is 17.8 Å². The second-order valence-electron chi connectivity index (χ2n) is 8.55. The number of hydrogen-bond donors (Lipinski definition) is 1. The Balaban J connectivity index is 1.55. The summed E-state index contributed by atoms with van der Waals surface area (Å²) in [6, 6.07) is 10.3. The maximum absolute atomic E-state index is 13.8. The molecule has 5 rings (SSSR count). The summed E-state index contributed by atoms with van der Waals surface area (Å²) >= 11 is 1.57. The van der Waals surface area contributed by atoms with E-state index in [1.54, 1.807) is 28.4 Å². The zero-order chi connectivity index (χ0) is 20.9. The summed E-state index contributed by atoms with van der Waals surface area (Å²) in [4.78, 5) is 29.7. The first-order valence-corrected chi connectivity index (χ1v) is 11.3. The van der Waals surface area contributed by atoms with Gasteiger partial charge in [0.05, 0.1) is 6.54 Å². The molecule has 2 amide bonds. The number of thiophene rings is 1. The molecule has 1 aliphatic heterocycles. The third-order valence-corrected chi connectivity index (χ3v) is 7.39. The van der Waals surface area contributed by atoms with E-state index in [1.165, 1.54) is 12.1 Å². The summed E-state index contributed by atoms with van der Waals surface area (Å²) in [5.74, 6) is -0.681. The summed E-state index contributed by atoms with van der Waals surface area (Å²) in [6.45, 7) is 2.40. The maximum Gasteiger partial charge on any atom is 0.271 e. The predicted octanol–water partition coefficient (Wildman–Crippen LogP) is 4.32. The van der Waals surface area contributed by atoms with Gasteiger partial charge in [0.2, 0.25) is 5.91 Å². The van der Waals surface area contributed by atoms with Gasteiger partial charge in [-0.2, -0.15) is 0 Å². The van der Waals surface area contributed by atoms with Gasteiger partial charge < -0.3 is 14.8 Å². The molecule has 1 atom stereocenters. The first-order valence-electron chi connectivity index (χ1n) is 10.4. The van der Waals surface area contributed by atoms with Crippen LogP contribution in [0, 0.1) is 5.82 Å². The molecule has 0 radical (unpaired) electrons. The number of rotatable bonds is 4. The van der Waals surface area contributed by atoms with Crippen LogP contribution in [-0.4, -0.2) is 32.9 Å². The van der Waals surface area contributed by atoms with Gasteiger partial charge in [-0.05, 0) is 55.0 Å². The number of hydrogen-bond acceptors (Lipinski definition) is 3. The minimum Gasteiger partial charge on any atom is -0.351 e. The topological polar surface area (TPSA) is 54.3 Å². The Labute approximate surface area is 178 Å². The molecule has 5 nitrogen and oxygen atoms in total. The molecule has 2 aromatic heterocycles. The number of nitrogens with zero attached hydrogens (tertiary/aromatic N) is 2. The third-order valence-electron chi connectivity index (χ3n) is 6.44. The van der Waals surface area contributed by atoms with Crippen molar-refractivity contribution in [1.29, 1.82) is 0 Å². The van der Waals surface area contributed by atoms with Crippen molar-refractivity contribution >= 4 is 33.4 Å². The average Bonchev–Trinajstić information content (AvgIpc) is 3.44. The molecular formula is C23H24FN3O2S. The molecule has 1 N–H and O–H groups in total. The van der Waals surface area contributed by atoms with Crippen LogP contribution in [0.15, 0.2) is 41.8 Å². The Hall–Kier alpha value is -2.67. The number of aromatic nitrogens is 1. The Morgan fingerprint density at radius 1 is 1.27 bits per heavy atom. The smallest absolute Gasteiger partial charge is 0.271 e. The van der Waals surface area contributed by atoms with Crippen LogP contribution in [0.2, 0.25) is 0 Å². The van der Waals surface area contributed by atoms with Crippen LogP contribution in [0.25, 0.3) is 10.2 Å². The lowest BCUT2D eigenvalue weighted by molar-refractivity contribution is -0.133. The van der Waals surface area contributed by atoms with Gasteiger partial charge in [-0.1, -0.05) is 25.0 Å². The molecule has 0 spiro atoms. The molecule has 1 aliphatic carbocycles. The second kappa shape index (κ2) is 7.23. The van der Waals surface area contributed by atoms with Crippen molar-refractivity contribution in [3.63, 3.8) is 0 Å². The van der Waals surface area contributed by atoms with E-state index in [2.05, 4.69) is 5.32 Å². The van der Waals surface area contributed by atoms with E-state index >= 15 is 0 Å². The lowest BCUT2D eigenvalue weighted by Crippen LogP contribution is -2.64. The summed E-state index contributed by atoms with van der Waals surface area (Å²) in [6.07, 6.45) is 4.18. The van der Waals surface area contributed by atoms with Crippen LogP contribution in [-0.2, 0) is 17.9 Å². The highest BCUT2D eigenvalue weighted by Gasteiger charge is 2.48. The molecule has 156 valence electrons. The van der Waals surface area contributed by atoms with Crippen LogP contribution in [0.1, 0.15) is 48.7 Å². The van der Waals surface area contributed by atoms with Crippen molar-refractivity contribution in [3.8, 4) is 0 Å². The van der Waals surface area contributed by atoms with E-state index in [1.807, 2.05) is 29.0 Å². The van der Waals surface area contributed by atoms with Crippen molar-refractivity contribution in [3.05, 3.63) is 58.9 Å². The van der Waals surface area contributed by atoms with Crippen molar-refractivity contribution in [2.24, 2.45) is 0 Å². The molecule has 0 bridgehead atoms. The van der Waals surface area contributed by atoms with Crippen molar-refractivity contribution < 1.29 is 14.0 Å². The summed E-state index contributed by atoms with van der Waals surface area (Å²) in [5, 5.41) is 6.19. The maximum atomic E-state index is 13.8. The van der Waals surface area contributed by atoms with Gasteiger partial charge in [-0.25, -0.2) is 4.39 Å². The minimum atomic E-state index is -1.06. The molecule has 30 heavy (non-hydrogen) atoms. The number of benzene rings is 1. The van der Waals surface area contributed by atoms with Crippen LogP contribution < -0.4 is 5.32 Å². The average molecular weight is 426 g/mol. The number of nitrogens with one attached hydrogen (secondary N) is 1. The Kier molecular flexibility index (Phi) is 4.65. The first-order chi connectivity index (χ1) is 14.5. The normalized spacial score (nSPS) is 21.9. The van der Waals surface area contributed by atoms with Gasteiger partial charge in [-0.3, -0.25) is 9.59 Å². The van der Waals surface area contributed by atoms with E-state index in [4.69, 9.17) is 0 Å². The molecule has 1 unspecified atom stereocenters. The molecule has 3 heterocycles. The van der Waals surface area contributed by atoms with Crippen molar-refractivity contribution in [2.45, 2.75) is 57.3 Å². The molecule has 3 aromatic rings. The molecule has 1 saturated carbocycles. The predicted molar refractivity (Wildman–Crippen MR) is 115 cm³/mol. The lowest BCUT2D eigenvalue weighted by Gasteiger charge is -2.44. The van der Waals surface area contributed by atoms with Crippen LogP contribution in [0.4, 0.5) is 4.39 Å². The van der Waals surface area contributed by atoms with E-state index < -0.39 is 5.54 Å². The van der Waals surface area contributed by atoms with Crippen LogP contribution in [0.3, 0.4) is 0 Å². The van der Waals surface area contributed by atoms with Gasteiger partial charge in [0.1, 0.15) is 21.9 Å². The molecule has 2 aliphatic rings. The largest absolute Gasteiger partial charge is 0.351 e. The molecule has 1 aromatic carbocycles. The number of halogens is 1. The second-order valence-corrected chi connectivity index (χ2v) is 9.44. The van der Waals surface area contributed by atoms with Crippen molar-refractivity contribution in [2.75, 3.05) is 0 Å². The van der Waals surface area contributed by atoms with Gasteiger partial charge in [0, 0.05) is 18.0 Å². The van der Waals surface area contributed by atoms with Crippen LogP contribution in [0.5, 0.6) is 0 Å². The molecule has 7 heteroatoms. The minimum absolute atomic E-state index is 0.136. The Morgan fingerprint density at radius 2 is 2.07 bits per heavy atom. The standard InChI is InChI=1S/C23H24FN3O2S/c1-23(22(29)25-18-7-2-3-8-18)14-26-19(12-16-9-10-30-21(16)26)20(28)27(23)13-15-5-4-6-17(24)11-15/h4-6,9-12,18H,2-3,7-8,13-14H2,1H3,(H,25,29). The van der Waals surface area contributed by atoms with Gasteiger partial charge >= 0.3 is 0 Å². The highest BCUT2D eigenvalue weighted by molar-refractivity contribution is 7.16. The molecule has 0 saturated heterocycles. The summed E-state index contributed by atoms with van der Waals surface area (Å²) < 4.78 is 15.8. The number of carbonyl (C=O) groups excluding carboxylic acids is 2. The van der Waals surface area contributed by atoms with Gasteiger partial charge in [-0.15, -0.1) is 11.3 Å². The number of carbonyl (C=O) groups is 2. The monoisotopic (exact) mass is 425 g/mol. The van der Waals surface area contributed by atoms with Gasteiger partial charge in [0.25, 0.3) is 5.91 Å². The van der Waals surface area contributed by atoms with E-state index in [-0.39, 0.29) is 30.2 Å². The number of amides is 2. The Morgan fingerprint density at radius 3 is 2.83 bits per heavy atom. The highest BCUT2D eigenvalue weighted by atomic mass is 32.1. The fourth-order valence-electron chi connectivity index (χ4n) is 4.73. The molecular weight excluding hydrogens is 401 g/mol. The first kappa shape index (κ1) is 19.3.